The van der Waals surface area contributed by atoms with Crippen molar-refractivity contribution in [1.82, 2.24) is 0 Å². The Morgan fingerprint density at radius 2 is 1.35 bits per heavy atom. The smallest absolute Gasteiger partial charge is 0.327 e. The van der Waals surface area contributed by atoms with Crippen molar-refractivity contribution in [2.75, 3.05) is 0 Å². The highest BCUT2D eigenvalue weighted by Gasteiger charge is 2.36. The highest BCUT2D eigenvalue weighted by Crippen LogP contribution is 2.30. The first-order valence-electron chi connectivity index (χ1n) is 5.54. The average Bonchev–Trinajstić information content (AvgIpc) is 2.98. The molecule has 0 saturated carbocycles. The summed E-state index contributed by atoms with van der Waals surface area (Å²) in [5.41, 5.74) is 0. The molecule has 2 N–H and O–H groups in total. The number of rotatable bonds is 8. The molecule has 0 bridgehead atoms. The molecule has 1 fully saturated rings. The van der Waals surface area contributed by atoms with Crippen LogP contribution in [0.2, 0.25) is 0 Å². The molecule has 1 rings (SSSR count). The van der Waals surface area contributed by atoms with Crippen LogP contribution in [0, 0.1) is 0 Å². The molecule has 17 heavy (non-hydrogen) atoms. The van der Waals surface area contributed by atoms with Crippen LogP contribution in [-0.2, 0) is 14.3 Å². The molecule has 0 amide bonds. The Morgan fingerprint density at radius 3 is 1.71 bits per heavy atom. The van der Waals surface area contributed by atoms with Gasteiger partial charge >= 0.3 is 11.9 Å². The third kappa shape index (κ3) is 6.52. The van der Waals surface area contributed by atoms with E-state index in [0.29, 0.717) is 12.8 Å². The van der Waals surface area contributed by atoms with Crippen LogP contribution in [0.25, 0.3) is 0 Å². The molecule has 2 atom stereocenters. The molecule has 94 valence electrons. The maximum atomic E-state index is 10.2. The largest absolute Gasteiger partial charge is 0.478 e. The summed E-state index contributed by atoms with van der Waals surface area (Å²) in [6.07, 6.45) is 8.92. The van der Waals surface area contributed by atoms with E-state index in [1.54, 1.807) is 12.2 Å². The van der Waals surface area contributed by atoms with E-state index < -0.39 is 11.9 Å². The molecule has 0 aliphatic carbocycles. The van der Waals surface area contributed by atoms with Gasteiger partial charge in [-0.1, -0.05) is 12.2 Å². The fraction of sp³-hybridized carbons (Fsp3) is 0.500. The second-order valence-electron chi connectivity index (χ2n) is 3.85. The van der Waals surface area contributed by atoms with Gasteiger partial charge in [0, 0.05) is 12.2 Å². The Labute approximate surface area is 99.4 Å². The average molecular weight is 240 g/mol. The first-order valence-corrected chi connectivity index (χ1v) is 5.54. The first-order chi connectivity index (χ1) is 8.09. The van der Waals surface area contributed by atoms with Gasteiger partial charge in [0.2, 0.25) is 0 Å². The highest BCUT2D eigenvalue weighted by atomic mass is 16.6. The molecule has 1 heterocycles. The van der Waals surface area contributed by atoms with Crippen molar-refractivity contribution in [1.29, 1.82) is 0 Å². The lowest BCUT2D eigenvalue weighted by atomic mass is 10.1. The van der Waals surface area contributed by atoms with Crippen molar-refractivity contribution < 1.29 is 24.5 Å². The van der Waals surface area contributed by atoms with Crippen LogP contribution >= 0.6 is 0 Å². The summed E-state index contributed by atoms with van der Waals surface area (Å²) in [6, 6.07) is 0. The van der Waals surface area contributed by atoms with Crippen molar-refractivity contribution >= 4 is 11.9 Å². The van der Waals surface area contributed by atoms with E-state index in [2.05, 4.69) is 0 Å². The van der Waals surface area contributed by atoms with Crippen molar-refractivity contribution in [2.24, 2.45) is 0 Å². The number of ether oxygens (including phenoxy) is 1. The van der Waals surface area contributed by atoms with Crippen molar-refractivity contribution in [3.8, 4) is 0 Å². The normalized spacial score (nSPS) is 23.3. The number of hydrogen-bond acceptors (Lipinski definition) is 3. The van der Waals surface area contributed by atoms with Crippen LogP contribution in [-0.4, -0.2) is 34.4 Å². The topological polar surface area (TPSA) is 87.1 Å². The van der Waals surface area contributed by atoms with Crippen LogP contribution in [0.5, 0.6) is 0 Å². The van der Waals surface area contributed by atoms with Gasteiger partial charge < -0.3 is 14.9 Å². The molecule has 1 aliphatic rings. The third-order valence-corrected chi connectivity index (χ3v) is 2.44. The van der Waals surface area contributed by atoms with Gasteiger partial charge in [0.15, 0.2) is 0 Å². The summed E-state index contributed by atoms with van der Waals surface area (Å²) in [6.45, 7) is 0. The summed E-state index contributed by atoms with van der Waals surface area (Å²) < 4.78 is 5.37. The van der Waals surface area contributed by atoms with Crippen molar-refractivity contribution in [3.63, 3.8) is 0 Å². The van der Waals surface area contributed by atoms with E-state index in [1.165, 1.54) is 0 Å². The van der Waals surface area contributed by atoms with E-state index >= 15 is 0 Å². The monoisotopic (exact) mass is 240 g/mol. The fourth-order valence-electron chi connectivity index (χ4n) is 1.58. The van der Waals surface area contributed by atoms with Crippen molar-refractivity contribution in [3.05, 3.63) is 24.3 Å². The minimum atomic E-state index is -0.933. The van der Waals surface area contributed by atoms with Crippen LogP contribution in [0.3, 0.4) is 0 Å². The van der Waals surface area contributed by atoms with Crippen LogP contribution in [0.4, 0.5) is 0 Å². The minimum Gasteiger partial charge on any atom is -0.478 e. The predicted octanol–water partition coefficient (Wildman–Crippen LogP) is 1.60. The molecular formula is C12H16O5. The molecule has 1 saturated heterocycles. The lowest BCUT2D eigenvalue weighted by Gasteiger charge is -1.90. The van der Waals surface area contributed by atoms with Crippen molar-refractivity contribution in [2.45, 2.75) is 37.9 Å². The highest BCUT2D eigenvalue weighted by molar-refractivity contribution is 5.79. The number of allylic oxidation sites excluding steroid dienone is 2. The van der Waals surface area contributed by atoms with E-state index in [9.17, 15) is 9.59 Å². The van der Waals surface area contributed by atoms with Gasteiger partial charge in [-0.25, -0.2) is 9.59 Å². The number of hydrogen-bond donors (Lipinski definition) is 2. The Morgan fingerprint density at radius 1 is 0.941 bits per heavy atom. The molecule has 0 radical (unpaired) electrons. The van der Waals surface area contributed by atoms with E-state index in [0.717, 1.165) is 25.0 Å². The second-order valence-corrected chi connectivity index (χ2v) is 3.85. The van der Waals surface area contributed by atoms with Gasteiger partial charge in [0.05, 0.1) is 12.2 Å². The van der Waals surface area contributed by atoms with Crippen LogP contribution < -0.4 is 0 Å². The zero-order valence-corrected chi connectivity index (χ0v) is 9.41. The fourth-order valence-corrected chi connectivity index (χ4v) is 1.58. The second kappa shape index (κ2) is 6.85. The quantitative estimate of drug-likeness (QED) is 0.497. The predicted molar refractivity (Wildman–Crippen MR) is 60.7 cm³/mol. The van der Waals surface area contributed by atoms with E-state index in [1.807, 2.05) is 0 Å². The summed E-state index contributed by atoms with van der Waals surface area (Å²) >= 11 is 0. The Kier molecular flexibility index (Phi) is 5.42. The molecule has 1 aliphatic heterocycles. The molecular weight excluding hydrogens is 224 g/mol. The molecule has 0 aromatic rings. The lowest BCUT2D eigenvalue weighted by Crippen LogP contribution is -1.94. The van der Waals surface area contributed by atoms with Crippen LogP contribution in [0.1, 0.15) is 25.7 Å². The number of aliphatic carboxylic acids is 2. The number of epoxide rings is 1. The maximum Gasteiger partial charge on any atom is 0.327 e. The summed E-state index contributed by atoms with van der Waals surface area (Å²) in [5, 5.41) is 16.7. The van der Waals surface area contributed by atoms with Gasteiger partial charge in [-0.05, 0) is 25.7 Å². The van der Waals surface area contributed by atoms with E-state index in [4.69, 9.17) is 14.9 Å². The van der Waals surface area contributed by atoms with Gasteiger partial charge in [0.1, 0.15) is 0 Å². The maximum absolute atomic E-state index is 10.2. The molecule has 5 nitrogen and oxygen atoms in total. The zero-order valence-electron chi connectivity index (χ0n) is 9.41. The number of carbonyl (C=O) groups is 2. The Hall–Kier alpha value is -1.62. The third-order valence-electron chi connectivity index (χ3n) is 2.44. The number of carboxylic acids is 2. The summed E-state index contributed by atoms with van der Waals surface area (Å²) in [5.74, 6) is -1.87. The van der Waals surface area contributed by atoms with Gasteiger partial charge in [-0.3, -0.25) is 0 Å². The molecule has 5 heteroatoms. The minimum absolute atomic E-state index is 0.201. The molecule has 0 aromatic heterocycles. The Balaban J connectivity index is 2.02. The van der Waals surface area contributed by atoms with Gasteiger partial charge in [-0.15, -0.1) is 0 Å². The number of carboxylic acid groups (broad SMARTS) is 2. The molecule has 2 unspecified atom stereocenters. The first kappa shape index (κ1) is 13.4. The van der Waals surface area contributed by atoms with Gasteiger partial charge in [0.25, 0.3) is 0 Å². The SMILES string of the molecule is O=C(O)/C=C/CCC1OC1CC/C=C/C(=O)O. The Bertz CT molecular complexity index is 300. The van der Waals surface area contributed by atoms with Crippen LogP contribution in [0.15, 0.2) is 24.3 Å². The van der Waals surface area contributed by atoms with E-state index in [-0.39, 0.29) is 12.2 Å². The summed E-state index contributed by atoms with van der Waals surface area (Å²) in [7, 11) is 0. The molecule has 0 aromatic carbocycles. The molecule has 0 spiro atoms. The summed E-state index contributed by atoms with van der Waals surface area (Å²) in [4.78, 5) is 20.4. The standard InChI is InChI=1S/C12H16O5/c13-11(14)7-3-1-5-9-10(17-9)6-2-4-8-12(15)16/h3-4,7-10H,1-2,5-6H2,(H,13,14)(H,15,16)/b7-3+,8-4+. The zero-order chi connectivity index (χ0) is 12.7. The van der Waals surface area contributed by atoms with Gasteiger partial charge in [-0.2, -0.15) is 0 Å². The lowest BCUT2D eigenvalue weighted by molar-refractivity contribution is -0.132.